The Bertz CT molecular complexity index is 1080. The van der Waals surface area contributed by atoms with Crippen molar-refractivity contribution < 1.29 is 8.42 Å². The number of anilines is 1. The van der Waals surface area contributed by atoms with E-state index in [1.165, 1.54) is 22.9 Å². The molecule has 32 heavy (non-hydrogen) atoms. The van der Waals surface area contributed by atoms with Crippen LogP contribution >= 0.6 is 0 Å². The average Bonchev–Trinajstić information content (AvgIpc) is 3.00. The Kier molecular flexibility index (Phi) is 5.38. The minimum Gasteiger partial charge on any atom is -0.324 e. The summed E-state index contributed by atoms with van der Waals surface area (Å²) in [4.78, 5) is 2.62. The van der Waals surface area contributed by atoms with E-state index in [1.807, 2.05) is 18.2 Å². The maximum absolute atomic E-state index is 11.6. The Labute approximate surface area is 192 Å². The molecule has 2 unspecified atom stereocenters. The third-order valence-corrected chi connectivity index (χ3v) is 8.86. The summed E-state index contributed by atoms with van der Waals surface area (Å²) >= 11 is 0. The molecular formula is C26H35N3O2S. The zero-order chi connectivity index (χ0) is 22.6. The van der Waals surface area contributed by atoms with Crippen LogP contribution in [0, 0.1) is 11.8 Å². The van der Waals surface area contributed by atoms with Crippen LogP contribution in [-0.4, -0.2) is 44.7 Å². The second-order valence-electron chi connectivity index (χ2n) is 10.4. The number of sulfonamides is 1. The molecular weight excluding hydrogens is 418 g/mol. The van der Waals surface area contributed by atoms with E-state index in [0.29, 0.717) is 17.5 Å². The molecule has 5 nitrogen and oxygen atoms in total. The largest absolute Gasteiger partial charge is 0.324 e. The minimum absolute atomic E-state index is 0.0768. The van der Waals surface area contributed by atoms with Crippen LogP contribution in [0.4, 0.5) is 5.69 Å². The standard InChI is InChI=1S/C26H35N3O2S/c1-3-26(21-10-6-11-22(14-21)28-32(2,30)31)23-17-29(18-24(23)26)13-7-12-25(27)15-19-8-4-5-9-20(19)16-25/h4-6,8-11,14,23-24,28H,3,7,12-13,15-18,27H2,1-2H3. The number of nitrogens with two attached hydrogens (primary N) is 1. The predicted molar refractivity (Wildman–Crippen MR) is 130 cm³/mol. The van der Waals surface area contributed by atoms with Crippen molar-refractivity contribution in [3.05, 3.63) is 65.2 Å². The highest BCUT2D eigenvalue weighted by Gasteiger charge is 2.67. The van der Waals surface area contributed by atoms with E-state index in [1.54, 1.807) is 0 Å². The number of likely N-dealkylation sites (tertiary alicyclic amines) is 1. The molecule has 6 heteroatoms. The summed E-state index contributed by atoms with van der Waals surface area (Å²) < 4.78 is 25.9. The molecule has 2 aromatic rings. The third-order valence-electron chi connectivity index (χ3n) is 8.25. The van der Waals surface area contributed by atoms with Gasteiger partial charge in [0.1, 0.15) is 0 Å². The second-order valence-corrected chi connectivity index (χ2v) is 12.2. The van der Waals surface area contributed by atoms with Crippen LogP contribution in [0.15, 0.2) is 48.5 Å². The minimum atomic E-state index is -3.26. The molecule has 0 amide bonds. The summed E-state index contributed by atoms with van der Waals surface area (Å²) in [7, 11) is -3.26. The number of hydrogen-bond acceptors (Lipinski definition) is 4. The molecule has 3 N–H and O–H groups in total. The van der Waals surface area contributed by atoms with E-state index < -0.39 is 10.0 Å². The van der Waals surface area contributed by atoms with Crippen LogP contribution in [0.1, 0.15) is 42.9 Å². The van der Waals surface area contributed by atoms with E-state index in [-0.39, 0.29) is 11.0 Å². The van der Waals surface area contributed by atoms with Crippen molar-refractivity contribution in [2.45, 2.75) is 50.0 Å². The quantitative estimate of drug-likeness (QED) is 0.641. The SMILES string of the molecule is CCC1(c2cccc(NS(C)(=O)=O)c2)C2CN(CCCC3(N)Cc4ccccc4C3)CC21. The monoisotopic (exact) mass is 453 g/mol. The van der Waals surface area contributed by atoms with Gasteiger partial charge in [-0.1, -0.05) is 43.3 Å². The lowest BCUT2D eigenvalue weighted by Crippen LogP contribution is -2.41. The van der Waals surface area contributed by atoms with Gasteiger partial charge in [-0.25, -0.2) is 8.42 Å². The van der Waals surface area contributed by atoms with Crippen LogP contribution in [0.3, 0.4) is 0 Å². The second kappa shape index (κ2) is 7.86. The molecule has 0 aromatic heterocycles. The highest BCUT2D eigenvalue weighted by Crippen LogP contribution is 2.65. The van der Waals surface area contributed by atoms with E-state index in [2.05, 4.69) is 46.9 Å². The van der Waals surface area contributed by atoms with Gasteiger partial charge in [-0.05, 0) is 79.3 Å². The number of nitrogens with zero attached hydrogens (tertiary/aromatic N) is 1. The molecule has 3 aliphatic rings. The number of piperidine rings is 1. The molecule has 1 heterocycles. The predicted octanol–water partition coefficient (Wildman–Crippen LogP) is 3.54. The van der Waals surface area contributed by atoms with Crippen LogP contribution < -0.4 is 10.5 Å². The van der Waals surface area contributed by atoms with Gasteiger partial charge in [0.2, 0.25) is 10.0 Å². The molecule has 2 atom stereocenters. The van der Waals surface area contributed by atoms with Crippen molar-refractivity contribution in [3.63, 3.8) is 0 Å². The van der Waals surface area contributed by atoms with Gasteiger partial charge in [0, 0.05) is 29.7 Å². The Hall–Kier alpha value is -1.89. The first-order chi connectivity index (χ1) is 15.2. The Morgan fingerprint density at radius 1 is 1.06 bits per heavy atom. The van der Waals surface area contributed by atoms with Crippen molar-refractivity contribution in [3.8, 4) is 0 Å². The van der Waals surface area contributed by atoms with Crippen LogP contribution in [0.25, 0.3) is 0 Å². The lowest BCUT2D eigenvalue weighted by atomic mass is 9.87. The van der Waals surface area contributed by atoms with Crippen molar-refractivity contribution in [2.24, 2.45) is 17.6 Å². The summed E-state index contributed by atoms with van der Waals surface area (Å²) in [5.41, 5.74) is 11.7. The van der Waals surface area contributed by atoms with Crippen LogP contribution in [0.2, 0.25) is 0 Å². The summed E-state index contributed by atoms with van der Waals surface area (Å²) in [6, 6.07) is 16.7. The maximum Gasteiger partial charge on any atom is 0.229 e. The number of hydrogen-bond donors (Lipinski definition) is 2. The fourth-order valence-electron chi connectivity index (χ4n) is 6.80. The summed E-state index contributed by atoms with van der Waals surface area (Å²) in [5, 5.41) is 0. The summed E-state index contributed by atoms with van der Waals surface area (Å²) in [6.07, 6.45) is 6.54. The van der Waals surface area contributed by atoms with Crippen LogP contribution in [0.5, 0.6) is 0 Å². The molecule has 1 aliphatic heterocycles. The highest BCUT2D eigenvalue weighted by atomic mass is 32.2. The lowest BCUT2D eigenvalue weighted by molar-refractivity contribution is 0.252. The van der Waals surface area contributed by atoms with Gasteiger partial charge in [-0.15, -0.1) is 0 Å². The first-order valence-corrected chi connectivity index (χ1v) is 13.8. The number of benzene rings is 2. The van der Waals surface area contributed by atoms with Gasteiger partial charge < -0.3 is 10.6 Å². The molecule has 0 bridgehead atoms. The topological polar surface area (TPSA) is 75.4 Å². The first-order valence-electron chi connectivity index (χ1n) is 11.9. The summed E-state index contributed by atoms with van der Waals surface area (Å²) in [6.45, 7) is 5.67. The zero-order valence-electron chi connectivity index (χ0n) is 19.2. The summed E-state index contributed by atoms with van der Waals surface area (Å²) in [5.74, 6) is 1.34. The maximum atomic E-state index is 11.6. The first kappa shape index (κ1) is 21.9. The average molecular weight is 454 g/mol. The van der Waals surface area contributed by atoms with E-state index in [0.717, 1.165) is 51.7 Å². The number of nitrogens with one attached hydrogen (secondary N) is 1. The van der Waals surface area contributed by atoms with Crippen molar-refractivity contribution in [2.75, 3.05) is 30.6 Å². The highest BCUT2D eigenvalue weighted by molar-refractivity contribution is 7.92. The molecule has 172 valence electrons. The molecule has 2 aromatic carbocycles. The molecule has 0 spiro atoms. The normalized spacial score (nSPS) is 28.3. The molecule has 0 radical (unpaired) electrons. The Morgan fingerprint density at radius 3 is 2.31 bits per heavy atom. The number of rotatable bonds is 8. The van der Waals surface area contributed by atoms with Crippen molar-refractivity contribution in [1.82, 2.24) is 4.90 Å². The van der Waals surface area contributed by atoms with Crippen molar-refractivity contribution in [1.29, 1.82) is 0 Å². The van der Waals surface area contributed by atoms with Gasteiger partial charge in [-0.3, -0.25) is 4.72 Å². The van der Waals surface area contributed by atoms with Gasteiger partial charge in [-0.2, -0.15) is 0 Å². The van der Waals surface area contributed by atoms with E-state index in [4.69, 9.17) is 5.73 Å². The van der Waals surface area contributed by atoms with E-state index in [9.17, 15) is 8.42 Å². The third kappa shape index (κ3) is 3.97. The number of fused-ring (bicyclic) bond motifs is 2. The molecule has 1 saturated heterocycles. The van der Waals surface area contributed by atoms with Crippen LogP contribution in [-0.2, 0) is 28.3 Å². The fourth-order valence-corrected chi connectivity index (χ4v) is 7.35. The van der Waals surface area contributed by atoms with Gasteiger partial charge in [0.25, 0.3) is 0 Å². The molecule has 2 fully saturated rings. The molecule has 1 saturated carbocycles. The smallest absolute Gasteiger partial charge is 0.229 e. The van der Waals surface area contributed by atoms with E-state index >= 15 is 0 Å². The zero-order valence-corrected chi connectivity index (χ0v) is 20.0. The molecule has 5 rings (SSSR count). The van der Waals surface area contributed by atoms with Crippen molar-refractivity contribution >= 4 is 15.7 Å². The van der Waals surface area contributed by atoms with Gasteiger partial charge in [0.05, 0.1) is 6.26 Å². The van der Waals surface area contributed by atoms with Gasteiger partial charge in [0.15, 0.2) is 0 Å². The Balaban J connectivity index is 1.16. The van der Waals surface area contributed by atoms with Gasteiger partial charge >= 0.3 is 0 Å². The molecule has 2 aliphatic carbocycles. The Morgan fingerprint density at radius 2 is 1.72 bits per heavy atom. The fraction of sp³-hybridized carbons (Fsp3) is 0.538. The lowest BCUT2D eigenvalue weighted by Gasteiger charge is -2.28.